The number of aliphatic hydroxyl groups is 2. The Morgan fingerprint density at radius 3 is 1.30 bits per heavy atom. The summed E-state index contributed by atoms with van der Waals surface area (Å²) in [5, 5.41) is 17.2. The Kier molecular flexibility index (Phi) is 21.5. The Bertz CT molecular complexity index is 583. The van der Waals surface area contributed by atoms with E-state index in [0.29, 0.717) is 51.7 Å². The molecule has 0 saturated heterocycles. The van der Waals surface area contributed by atoms with Crippen LogP contribution in [-0.2, 0) is 47.6 Å². The number of hydrogen-bond donors (Lipinski definition) is 2. The molecule has 0 aromatic rings. The van der Waals surface area contributed by atoms with Gasteiger partial charge in [-0.25, -0.2) is 9.59 Å². The van der Waals surface area contributed by atoms with Crippen LogP contribution in [-0.4, -0.2) is 100 Å². The molecule has 12 nitrogen and oxygen atoms in total. The molecule has 0 aliphatic heterocycles. The van der Waals surface area contributed by atoms with E-state index in [9.17, 15) is 19.2 Å². The van der Waals surface area contributed by atoms with Crippen molar-refractivity contribution in [3.8, 4) is 0 Å². The summed E-state index contributed by atoms with van der Waals surface area (Å²) in [6, 6.07) is 0. The van der Waals surface area contributed by atoms with Crippen molar-refractivity contribution < 1.29 is 57.8 Å². The van der Waals surface area contributed by atoms with Crippen LogP contribution in [0.15, 0.2) is 0 Å². The second kappa shape index (κ2) is 22.9. The second-order valence-electron chi connectivity index (χ2n) is 8.47. The molecule has 0 aliphatic rings. The molecule has 0 aromatic heterocycles. The third-order valence-electron chi connectivity index (χ3n) is 5.14. The van der Waals surface area contributed by atoms with E-state index in [2.05, 4.69) is 0 Å². The minimum absolute atomic E-state index is 0.0382. The monoisotopic (exact) mass is 536 g/mol. The van der Waals surface area contributed by atoms with Crippen LogP contribution in [0.2, 0.25) is 0 Å². The average molecular weight is 537 g/mol. The predicted octanol–water partition coefficient (Wildman–Crippen LogP) is 1.32. The number of aliphatic hydroxyl groups excluding tert-OH is 2. The van der Waals surface area contributed by atoms with Crippen LogP contribution < -0.4 is 0 Å². The highest BCUT2D eigenvalue weighted by Crippen LogP contribution is 2.22. The van der Waals surface area contributed by atoms with Gasteiger partial charge in [0.2, 0.25) is 0 Å². The summed E-state index contributed by atoms with van der Waals surface area (Å²) in [5.41, 5.74) is -0.853. The molecule has 0 amide bonds. The molecule has 0 radical (unpaired) electrons. The van der Waals surface area contributed by atoms with Crippen LogP contribution in [0.25, 0.3) is 0 Å². The fraction of sp³-hybridized carbons (Fsp3) is 0.840. The van der Waals surface area contributed by atoms with Crippen molar-refractivity contribution in [3.05, 3.63) is 0 Å². The van der Waals surface area contributed by atoms with Crippen molar-refractivity contribution in [3.63, 3.8) is 0 Å². The molecule has 2 N–H and O–H groups in total. The summed E-state index contributed by atoms with van der Waals surface area (Å²) in [5.74, 6) is -2.17. The zero-order valence-corrected chi connectivity index (χ0v) is 22.2. The van der Waals surface area contributed by atoms with Crippen molar-refractivity contribution in [1.29, 1.82) is 0 Å². The molecule has 12 heteroatoms. The Balaban J connectivity index is 4.57. The highest BCUT2D eigenvalue weighted by Gasteiger charge is 2.35. The first-order chi connectivity index (χ1) is 17.8. The summed E-state index contributed by atoms with van der Waals surface area (Å²) in [4.78, 5) is 46.3. The molecule has 0 rings (SSSR count). The van der Waals surface area contributed by atoms with Gasteiger partial charge in [0.15, 0.2) is 0 Å². The molecular formula is C25H44O12. The highest BCUT2D eigenvalue weighted by atomic mass is 16.6. The van der Waals surface area contributed by atoms with Gasteiger partial charge in [-0.2, -0.15) is 0 Å². The van der Waals surface area contributed by atoms with E-state index in [1.165, 1.54) is 0 Å². The Hall–Kier alpha value is -2.28. The smallest absolute Gasteiger partial charge is 0.331 e. The van der Waals surface area contributed by atoms with E-state index in [1.54, 1.807) is 0 Å². The van der Waals surface area contributed by atoms with Gasteiger partial charge in [-0.05, 0) is 52.4 Å². The van der Waals surface area contributed by atoms with Gasteiger partial charge >= 0.3 is 23.9 Å². The number of esters is 4. The molecule has 216 valence electrons. The number of carbonyl (C=O) groups is 4. The fourth-order valence-corrected chi connectivity index (χ4v) is 3.06. The summed E-state index contributed by atoms with van der Waals surface area (Å²) < 4.78 is 31.7. The molecule has 0 atom stereocenters. The minimum Gasteiger partial charge on any atom is -0.465 e. The molecule has 0 unspecified atom stereocenters. The normalized spacial score (nSPS) is 11.1. The van der Waals surface area contributed by atoms with Gasteiger partial charge in [-0.1, -0.05) is 0 Å². The summed E-state index contributed by atoms with van der Waals surface area (Å²) in [7, 11) is 0. The van der Waals surface area contributed by atoms with Crippen molar-refractivity contribution in [1.82, 2.24) is 0 Å². The minimum atomic E-state index is -0.853. The average Bonchev–Trinajstić information content (AvgIpc) is 2.91. The highest BCUT2D eigenvalue weighted by molar-refractivity contribution is 5.71. The largest absolute Gasteiger partial charge is 0.465 e. The van der Waals surface area contributed by atoms with E-state index in [0.717, 1.165) is 0 Å². The lowest BCUT2D eigenvalue weighted by molar-refractivity contribution is -0.162. The zero-order chi connectivity index (χ0) is 27.8. The third kappa shape index (κ3) is 19.5. The van der Waals surface area contributed by atoms with E-state index in [1.807, 2.05) is 13.8 Å². The molecule has 37 heavy (non-hydrogen) atoms. The first-order valence-electron chi connectivity index (χ1n) is 12.8. The van der Waals surface area contributed by atoms with Crippen molar-refractivity contribution in [2.24, 2.45) is 5.41 Å². The molecule has 0 saturated carbocycles. The maximum atomic E-state index is 12.3. The van der Waals surface area contributed by atoms with Gasteiger partial charge in [0.1, 0.15) is 26.4 Å². The second-order valence-corrected chi connectivity index (χ2v) is 8.47. The molecular weight excluding hydrogens is 492 g/mol. The van der Waals surface area contributed by atoms with E-state index in [-0.39, 0.29) is 52.5 Å². The fourth-order valence-electron chi connectivity index (χ4n) is 3.06. The molecule has 0 heterocycles. The van der Waals surface area contributed by atoms with Gasteiger partial charge in [-0.15, -0.1) is 0 Å². The molecule has 0 aliphatic carbocycles. The first kappa shape index (κ1) is 34.7. The summed E-state index contributed by atoms with van der Waals surface area (Å²) in [6.07, 6.45) is 3.90. The zero-order valence-electron chi connectivity index (χ0n) is 22.2. The lowest BCUT2D eigenvalue weighted by Crippen LogP contribution is -2.43. The van der Waals surface area contributed by atoms with Gasteiger partial charge < -0.3 is 38.6 Å². The summed E-state index contributed by atoms with van der Waals surface area (Å²) >= 11 is 0. The lowest BCUT2D eigenvalue weighted by atomic mass is 9.92. The van der Waals surface area contributed by atoms with Crippen LogP contribution in [0, 0.1) is 5.41 Å². The van der Waals surface area contributed by atoms with E-state index >= 15 is 0 Å². The van der Waals surface area contributed by atoms with Crippen LogP contribution in [0.1, 0.15) is 65.2 Å². The first-order valence-corrected chi connectivity index (χ1v) is 12.8. The standard InChI is InChI=1S/C25H44O12/c1-3-32-17-25(18-33-4-2,19-36-21(28)11-7-5-9-13-34-23(30)15-26)20-37-22(29)12-8-6-10-14-35-24(31)16-27/h26-27H,3-20H2,1-2H3. The maximum absolute atomic E-state index is 12.3. The number of ether oxygens (including phenoxy) is 6. The number of carbonyl (C=O) groups excluding carboxylic acids is 4. The van der Waals surface area contributed by atoms with Crippen LogP contribution in [0.3, 0.4) is 0 Å². The van der Waals surface area contributed by atoms with Gasteiger partial charge in [0, 0.05) is 26.1 Å². The topological polar surface area (TPSA) is 164 Å². The third-order valence-corrected chi connectivity index (χ3v) is 5.14. The molecule has 0 bridgehead atoms. The number of rotatable bonds is 24. The van der Waals surface area contributed by atoms with Crippen LogP contribution in [0.5, 0.6) is 0 Å². The Morgan fingerprint density at radius 2 is 0.946 bits per heavy atom. The SMILES string of the molecule is CCOCC(COCC)(COC(=O)CCCCCOC(=O)CO)COC(=O)CCCCCOC(=O)CO. The number of hydrogen-bond acceptors (Lipinski definition) is 12. The summed E-state index contributed by atoms with van der Waals surface area (Å²) in [6.45, 7) is 3.86. The number of unbranched alkanes of at least 4 members (excludes halogenated alkanes) is 4. The Labute approximate surface area is 218 Å². The lowest BCUT2D eigenvalue weighted by Gasteiger charge is -2.32. The quantitative estimate of drug-likeness (QED) is 0.103. The van der Waals surface area contributed by atoms with E-state index < -0.39 is 42.5 Å². The molecule has 0 spiro atoms. The van der Waals surface area contributed by atoms with Crippen molar-refractivity contribution in [2.45, 2.75) is 65.2 Å². The van der Waals surface area contributed by atoms with Gasteiger partial charge in [-0.3, -0.25) is 9.59 Å². The van der Waals surface area contributed by atoms with Crippen LogP contribution in [0.4, 0.5) is 0 Å². The van der Waals surface area contributed by atoms with Gasteiger partial charge in [0.25, 0.3) is 0 Å². The van der Waals surface area contributed by atoms with Gasteiger partial charge in [0.05, 0.1) is 31.8 Å². The Morgan fingerprint density at radius 1 is 0.541 bits per heavy atom. The van der Waals surface area contributed by atoms with E-state index in [4.69, 9.17) is 38.6 Å². The predicted molar refractivity (Wildman–Crippen MR) is 130 cm³/mol. The van der Waals surface area contributed by atoms with Crippen molar-refractivity contribution in [2.75, 3.05) is 66.1 Å². The molecule has 0 aromatic carbocycles. The molecule has 0 fully saturated rings. The van der Waals surface area contributed by atoms with Crippen LogP contribution >= 0.6 is 0 Å². The maximum Gasteiger partial charge on any atom is 0.331 e. The van der Waals surface area contributed by atoms with Crippen molar-refractivity contribution >= 4 is 23.9 Å².